The maximum absolute atomic E-state index is 10.9. The fourth-order valence-electron chi connectivity index (χ4n) is 2.05. The second kappa shape index (κ2) is 3.91. The molecule has 1 saturated heterocycles. The van der Waals surface area contributed by atoms with Gasteiger partial charge in [-0.3, -0.25) is 0 Å². The molecule has 78 valence electrons. The van der Waals surface area contributed by atoms with Gasteiger partial charge in [-0.2, -0.15) is 0 Å². The predicted molar refractivity (Wildman–Crippen MR) is 54.9 cm³/mol. The van der Waals surface area contributed by atoms with Crippen LogP contribution in [0.3, 0.4) is 0 Å². The van der Waals surface area contributed by atoms with E-state index in [2.05, 4.69) is 19.8 Å². The minimum Gasteiger partial charge on any atom is -0.465 e. The van der Waals surface area contributed by atoms with Gasteiger partial charge in [0, 0.05) is 19.0 Å². The molecule has 1 unspecified atom stereocenters. The summed E-state index contributed by atoms with van der Waals surface area (Å²) in [6.45, 7) is 5.28. The first-order valence-electron chi connectivity index (χ1n) is 4.88. The van der Waals surface area contributed by atoms with Gasteiger partial charge in [0.25, 0.3) is 0 Å². The molecule has 1 N–H and O–H groups in total. The summed E-state index contributed by atoms with van der Waals surface area (Å²) in [5.74, 6) is 2.96. The lowest BCUT2D eigenvalue weighted by Crippen LogP contribution is -2.36. The summed E-state index contributed by atoms with van der Waals surface area (Å²) in [5, 5.41) is 8.93. The third kappa shape index (κ3) is 2.66. The Kier molecular flexibility index (Phi) is 3.05. The molecule has 0 bridgehead atoms. The number of hydrogen-bond donors (Lipinski definition) is 1. The van der Waals surface area contributed by atoms with Crippen molar-refractivity contribution in [1.29, 1.82) is 0 Å². The van der Waals surface area contributed by atoms with Crippen LogP contribution in [0.1, 0.15) is 26.7 Å². The van der Waals surface area contributed by atoms with Crippen LogP contribution in [0.2, 0.25) is 0 Å². The highest BCUT2D eigenvalue weighted by molar-refractivity contribution is 5.65. The summed E-state index contributed by atoms with van der Waals surface area (Å²) in [7, 11) is 0. The van der Waals surface area contributed by atoms with E-state index in [1.165, 1.54) is 4.90 Å². The number of amides is 1. The normalized spacial score (nSPS) is 26.4. The minimum absolute atomic E-state index is 0.00801. The fraction of sp³-hybridized carbons (Fsp3) is 0.727. The van der Waals surface area contributed by atoms with E-state index in [0.717, 1.165) is 12.8 Å². The molecule has 0 radical (unpaired) electrons. The molecule has 0 aromatic heterocycles. The molecule has 3 nitrogen and oxygen atoms in total. The summed E-state index contributed by atoms with van der Waals surface area (Å²) in [6, 6.07) is 0. The van der Waals surface area contributed by atoms with Crippen molar-refractivity contribution < 1.29 is 9.90 Å². The highest BCUT2D eigenvalue weighted by Gasteiger charge is 2.31. The van der Waals surface area contributed by atoms with Gasteiger partial charge in [0.05, 0.1) is 0 Å². The van der Waals surface area contributed by atoms with Crippen LogP contribution in [-0.2, 0) is 0 Å². The summed E-state index contributed by atoms with van der Waals surface area (Å²) in [4.78, 5) is 12.3. The average Bonchev–Trinajstić information content (AvgIpc) is 2.23. The molecule has 1 aliphatic rings. The second-order valence-corrected chi connectivity index (χ2v) is 4.72. The second-order valence-electron chi connectivity index (χ2n) is 4.72. The molecule has 0 saturated carbocycles. The van der Waals surface area contributed by atoms with Crippen molar-refractivity contribution >= 4 is 6.09 Å². The van der Waals surface area contributed by atoms with Crippen molar-refractivity contribution in [2.75, 3.05) is 13.1 Å². The molecule has 1 amide bonds. The van der Waals surface area contributed by atoms with Crippen molar-refractivity contribution in [3.8, 4) is 12.3 Å². The molecule has 1 rings (SSSR count). The van der Waals surface area contributed by atoms with Gasteiger partial charge in [-0.05, 0) is 18.3 Å². The number of nitrogens with zero attached hydrogens (tertiary/aromatic N) is 1. The zero-order chi connectivity index (χ0) is 10.8. The van der Waals surface area contributed by atoms with Gasteiger partial charge in [0.1, 0.15) is 0 Å². The van der Waals surface area contributed by atoms with Crippen molar-refractivity contribution in [3.63, 3.8) is 0 Å². The summed E-state index contributed by atoms with van der Waals surface area (Å²) < 4.78 is 0. The van der Waals surface area contributed by atoms with Gasteiger partial charge in [-0.15, -0.1) is 12.3 Å². The molecular weight excluding hydrogens is 178 g/mol. The zero-order valence-corrected chi connectivity index (χ0v) is 8.79. The van der Waals surface area contributed by atoms with Crippen LogP contribution in [0, 0.1) is 23.7 Å². The lowest BCUT2D eigenvalue weighted by atomic mass is 9.83. The Bertz CT molecular complexity index is 265. The number of likely N-dealkylation sites (tertiary alicyclic amines) is 1. The SMILES string of the molecule is C#CC1CCN(C(=O)O)CC(C)(C)C1. The van der Waals surface area contributed by atoms with E-state index >= 15 is 0 Å². The van der Waals surface area contributed by atoms with Gasteiger partial charge < -0.3 is 10.0 Å². The van der Waals surface area contributed by atoms with E-state index in [9.17, 15) is 4.79 Å². The van der Waals surface area contributed by atoms with Crippen molar-refractivity contribution in [2.24, 2.45) is 11.3 Å². The highest BCUT2D eigenvalue weighted by Crippen LogP contribution is 2.31. The van der Waals surface area contributed by atoms with Crippen LogP contribution < -0.4 is 0 Å². The number of hydrogen-bond acceptors (Lipinski definition) is 1. The third-order valence-corrected chi connectivity index (χ3v) is 2.67. The van der Waals surface area contributed by atoms with E-state index in [1.807, 2.05) is 0 Å². The molecule has 0 aromatic rings. The molecular formula is C11H17NO2. The maximum Gasteiger partial charge on any atom is 0.407 e. The number of carbonyl (C=O) groups is 1. The Morgan fingerprint density at radius 3 is 2.79 bits per heavy atom. The van der Waals surface area contributed by atoms with Crippen molar-refractivity contribution in [3.05, 3.63) is 0 Å². The van der Waals surface area contributed by atoms with E-state index < -0.39 is 6.09 Å². The maximum atomic E-state index is 10.9. The van der Waals surface area contributed by atoms with Gasteiger partial charge in [0.2, 0.25) is 0 Å². The first-order chi connectivity index (χ1) is 6.44. The lowest BCUT2D eigenvalue weighted by molar-refractivity contribution is 0.129. The van der Waals surface area contributed by atoms with E-state index in [-0.39, 0.29) is 11.3 Å². The molecule has 0 spiro atoms. The minimum atomic E-state index is -0.837. The summed E-state index contributed by atoms with van der Waals surface area (Å²) in [5.41, 5.74) is -0.00801. The number of terminal acetylenes is 1. The topological polar surface area (TPSA) is 40.5 Å². The van der Waals surface area contributed by atoms with Crippen molar-refractivity contribution in [2.45, 2.75) is 26.7 Å². The van der Waals surface area contributed by atoms with Crippen LogP contribution in [0.15, 0.2) is 0 Å². The molecule has 1 aliphatic heterocycles. The average molecular weight is 195 g/mol. The quantitative estimate of drug-likeness (QED) is 0.601. The van der Waals surface area contributed by atoms with Crippen LogP contribution in [0.4, 0.5) is 4.79 Å². The first-order valence-corrected chi connectivity index (χ1v) is 4.88. The van der Waals surface area contributed by atoms with Crippen molar-refractivity contribution in [1.82, 2.24) is 4.90 Å². The van der Waals surface area contributed by atoms with Crippen LogP contribution in [0.25, 0.3) is 0 Å². The predicted octanol–water partition coefficient (Wildman–Crippen LogP) is 2.04. The third-order valence-electron chi connectivity index (χ3n) is 2.67. The van der Waals surface area contributed by atoms with Crippen LogP contribution >= 0.6 is 0 Å². The molecule has 0 aliphatic carbocycles. The number of carboxylic acid groups (broad SMARTS) is 1. The Balaban J connectivity index is 2.74. The van der Waals surface area contributed by atoms with Gasteiger partial charge >= 0.3 is 6.09 Å². The Morgan fingerprint density at radius 1 is 1.64 bits per heavy atom. The summed E-state index contributed by atoms with van der Waals surface area (Å²) >= 11 is 0. The standard InChI is InChI=1S/C11H17NO2/c1-4-9-5-6-12(10(13)14)8-11(2,3)7-9/h1,9H,5-8H2,2-3H3,(H,13,14). The van der Waals surface area contributed by atoms with E-state index in [1.54, 1.807) is 0 Å². The first kappa shape index (κ1) is 10.9. The molecule has 3 heteroatoms. The van der Waals surface area contributed by atoms with Gasteiger partial charge in [-0.1, -0.05) is 13.8 Å². The van der Waals surface area contributed by atoms with E-state index in [4.69, 9.17) is 11.5 Å². The monoisotopic (exact) mass is 195 g/mol. The molecule has 1 atom stereocenters. The Hall–Kier alpha value is -1.17. The fourth-order valence-corrected chi connectivity index (χ4v) is 2.05. The van der Waals surface area contributed by atoms with Crippen LogP contribution in [-0.4, -0.2) is 29.2 Å². The molecule has 14 heavy (non-hydrogen) atoms. The largest absolute Gasteiger partial charge is 0.465 e. The lowest BCUT2D eigenvalue weighted by Gasteiger charge is -2.27. The summed E-state index contributed by atoms with van der Waals surface area (Å²) in [6.07, 6.45) is 6.26. The highest BCUT2D eigenvalue weighted by atomic mass is 16.4. The van der Waals surface area contributed by atoms with Crippen LogP contribution in [0.5, 0.6) is 0 Å². The Labute approximate surface area is 85.1 Å². The number of rotatable bonds is 0. The van der Waals surface area contributed by atoms with E-state index in [0.29, 0.717) is 13.1 Å². The smallest absolute Gasteiger partial charge is 0.407 e. The van der Waals surface area contributed by atoms with Gasteiger partial charge in [0.15, 0.2) is 0 Å². The van der Waals surface area contributed by atoms with Gasteiger partial charge in [-0.25, -0.2) is 4.79 Å². The molecule has 1 heterocycles. The molecule has 0 aromatic carbocycles. The zero-order valence-electron chi connectivity index (χ0n) is 8.79. The Morgan fingerprint density at radius 2 is 2.29 bits per heavy atom. The molecule has 1 fully saturated rings.